The summed E-state index contributed by atoms with van der Waals surface area (Å²) in [6.07, 6.45) is 6.92. The van der Waals surface area contributed by atoms with E-state index in [0.717, 1.165) is 12.0 Å². The van der Waals surface area contributed by atoms with Crippen molar-refractivity contribution in [2.75, 3.05) is 20.0 Å². The predicted molar refractivity (Wildman–Crippen MR) is 96.2 cm³/mol. The molecule has 0 fully saturated rings. The van der Waals surface area contributed by atoms with Crippen LogP contribution in [-0.4, -0.2) is 30.1 Å². The second-order valence-corrected chi connectivity index (χ2v) is 5.29. The van der Waals surface area contributed by atoms with Gasteiger partial charge in [0.25, 0.3) is 0 Å². The molecule has 7 heteroatoms. The van der Waals surface area contributed by atoms with Crippen LogP contribution in [0.15, 0.2) is 36.7 Å². The number of anilines is 1. The topological polar surface area (TPSA) is 99.4 Å². The number of nitrogens with two attached hydrogens (primary N) is 1. The number of methoxy groups -OCH3 is 2. The van der Waals surface area contributed by atoms with Gasteiger partial charge in [-0.2, -0.15) is 0 Å². The third-order valence-corrected chi connectivity index (χ3v) is 3.65. The van der Waals surface area contributed by atoms with Crippen LogP contribution >= 0.6 is 0 Å². The molecular weight excluding hydrogens is 320 g/mol. The van der Waals surface area contributed by atoms with Crippen molar-refractivity contribution in [3.63, 3.8) is 0 Å². The van der Waals surface area contributed by atoms with Crippen LogP contribution < -0.4 is 20.5 Å². The number of aromatic nitrogens is 2. The molecule has 1 aromatic carbocycles. The Morgan fingerprint density at radius 1 is 1.24 bits per heavy atom. The standard InChI is InChI=1S/C18H22N4O3/c1-4-14(13-6-7-15(24-2)16(9-13)25-3)22-17(23)8-5-12-10-20-18(19)21-11-12/h5-11,14H,4H2,1-3H3,(H,22,23)(H2,19,20,21). The van der Waals surface area contributed by atoms with Crippen molar-refractivity contribution in [3.8, 4) is 11.5 Å². The molecule has 1 aromatic heterocycles. The van der Waals surface area contributed by atoms with Crippen molar-refractivity contribution in [2.24, 2.45) is 0 Å². The summed E-state index contributed by atoms with van der Waals surface area (Å²) in [5.41, 5.74) is 7.07. The van der Waals surface area contributed by atoms with Crippen molar-refractivity contribution in [1.29, 1.82) is 0 Å². The zero-order chi connectivity index (χ0) is 18.2. The molecule has 0 bridgehead atoms. The van der Waals surface area contributed by atoms with Gasteiger partial charge in [-0.05, 0) is 30.2 Å². The van der Waals surface area contributed by atoms with Crippen LogP contribution in [0.5, 0.6) is 11.5 Å². The lowest BCUT2D eigenvalue weighted by Gasteiger charge is -2.18. The van der Waals surface area contributed by atoms with Crippen LogP contribution in [0.2, 0.25) is 0 Å². The summed E-state index contributed by atoms with van der Waals surface area (Å²) >= 11 is 0. The molecular formula is C18H22N4O3. The molecule has 0 saturated carbocycles. The molecule has 25 heavy (non-hydrogen) atoms. The van der Waals surface area contributed by atoms with E-state index in [1.807, 2.05) is 25.1 Å². The van der Waals surface area contributed by atoms with Gasteiger partial charge in [0, 0.05) is 24.0 Å². The van der Waals surface area contributed by atoms with E-state index in [1.54, 1.807) is 32.7 Å². The van der Waals surface area contributed by atoms with E-state index in [0.29, 0.717) is 17.1 Å². The number of nitrogens with one attached hydrogen (secondary N) is 1. The summed E-state index contributed by atoms with van der Waals surface area (Å²) in [7, 11) is 3.17. The van der Waals surface area contributed by atoms with Crippen LogP contribution in [0, 0.1) is 0 Å². The number of ether oxygens (including phenoxy) is 2. The number of carbonyl (C=O) groups excluding carboxylic acids is 1. The Morgan fingerprint density at radius 2 is 1.92 bits per heavy atom. The van der Waals surface area contributed by atoms with Crippen LogP contribution in [0.25, 0.3) is 6.08 Å². The third kappa shape index (κ3) is 4.94. The molecule has 2 aromatic rings. The summed E-state index contributed by atoms with van der Waals surface area (Å²) < 4.78 is 10.6. The summed E-state index contributed by atoms with van der Waals surface area (Å²) in [6, 6.07) is 5.46. The summed E-state index contributed by atoms with van der Waals surface area (Å²) in [4.78, 5) is 19.9. The fourth-order valence-corrected chi connectivity index (χ4v) is 2.32. The van der Waals surface area contributed by atoms with Crippen molar-refractivity contribution in [3.05, 3.63) is 47.8 Å². The largest absolute Gasteiger partial charge is 0.493 e. The van der Waals surface area contributed by atoms with Gasteiger partial charge in [-0.15, -0.1) is 0 Å². The Morgan fingerprint density at radius 3 is 2.52 bits per heavy atom. The number of nitrogens with zero attached hydrogens (tertiary/aromatic N) is 2. The van der Waals surface area contributed by atoms with E-state index in [4.69, 9.17) is 15.2 Å². The molecule has 0 spiro atoms. The highest BCUT2D eigenvalue weighted by Crippen LogP contribution is 2.30. The summed E-state index contributed by atoms with van der Waals surface area (Å²) in [5.74, 6) is 1.26. The molecule has 0 aliphatic rings. The number of hydrogen-bond donors (Lipinski definition) is 2. The number of nitrogen functional groups attached to an aromatic ring is 1. The molecule has 1 amide bonds. The zero-order valence-electron chi connectivity index (χ0n) is 14.5. The van der Waals surface area contributed by atoms with Gasteiger partial charge in [0.05, 0.1) is 20.3 Å². The van der Waals surface area contributed by atoms with Crippen LogP contribution in [0.3, 0.4) is 0 Å². The lowest BCUT2D eigenvalue weighted by molar-refractivity contribution is -0.117. The van der Waals surface area contributed by atoms with E-state index in [9.17, 15) is 4.79 Å². The Labute approximate surface area is 146 Å². The van der Waals surface area contributed by atoms with Crippen molar-refractivity contribution >= 4 is 17.9 Å². The van der Waals surface area contributed by atoms with E-state index in [1.165, 1.54) is 6.08 Å². The zero-order valence-corrected chi connectivity index (χ0v) is 14.5. The molecule has 0 aliphatic heterocycles. The molecule has 132 valence electrons. The fourth-order valence-electron chi connectivity index (χ4n) is 2.32. The summed E-state index contributed by atoms with van der Waals surface area (Å²) in [6.45, 7) is 2.00. The van der Waals surface area contributed by atoms with Gasteiger partial charge in [0.1, 0.15) is 0 Å². The second kappa shape index (κ2) is 8.68. The summed E-state index contributed by atoms with van der Waals surface area (Å²) in [5, 5.41) is 2.97. The van der Waals surface area contributed by atoms with Gasteiger partial charge in [-0.25, -0.2) is 9.97 Å². The Hall–Kier alpha value is -3.09. The quantitative estimate of drug-likeness (QED) is 0.749. The Balaban J connectivity index is 2.08. The van der Waals surface area contributed by atoms with E-state index in [2.05, 4.69) is 15.3 Å². The Kier molecular flexibility index (Phi) is 6.33. The number of carbonyl (C=O) groups is 1. The maximum absolute atomic E-state index is 12.2. The molecule has 0 saturated heterocycles. The number of amides is 1. The third-order valence-electron chi connectivity index (χ3n) is 3.65. The van der Waals surface area contributed by atoms with Gasteiger partial charge >= 0.3 is 0 Å². The number of benzene rings is 1. The maximum Gasteiger partial charge on any atom is 0.244 e. The highest BCUT2D eigenvalue weighted by Gasteiger charge is 2.14. The van der Waals surface area contributed by atoms with Gasteiger partial charge < -0.3 is 20.5 Å². The lowest BCUT2D eigenvalue weighted by Crippen LogP contribution is -2.26. The molecule has 7 nitrogen and oxygen atoms in total. The van der Waals surface area contributed by atoms with Gasteiger partial charge in [0.15, 0.2) is 11.5 Å². The van der Waals surface area contributed by atoms with Crippen LogP contribution in [0.1, 0.15) is 30.5 Å². The fraction of sp³-hybridized carbons (Fsp3) is 0.278. The molecule has 1 atom stereocenters. The van der Waals surface area contributed by atoms with E-state index >= 15 is 0 Å². The van der Waals surface area contributed by atoms with Crippen LogP contribution in [-0.2, 0) is 4.79 Å². The van der Waals surface area contributed by atoms with Crippen molar-refractivity contribution in [1.82, 2.24) is 15.3 Å². The maximum atomic E-state index is 12.2. The van der Waals surface area contributed by atoms with Gasteiger partial charge in [-0.1, -0.05) is 13.0 Å². The monoisotopic (exact) mass is 342 g/mol. The molecule has 1 unspecified atom stereocenters. The average Bonchev–Trinajstić information content (AvgIpc) is 2.65. The van der Waals surface area contributed by atoms with Crippen LogP contribution in [0.4, 0.5) is 5.95 Å². The second-order valence-electron chi connectivity index (χ2n) is 5.29. The van der Waals surface area contributed by atoms with Crippen molar-refractivity contribution < 1.29 is 14.3 Å². The SMILES string of the molecule is CCC(NC(=O)C=Cc1cnc(N)nc1)c1ccc(OC)c(OC)c1. The molecule has 0 aliphatic carbocycles. The van der Waals surface area contributed by atoms with Crippen molar-refractivity contribution in [2.45, 2.75) is 19.4 Å². The first-order chi connectivity index (χ1) is 12.1. The van der Waals surface area contributed by atoms with Gasteiger partial charge in [-0.3, -0.25) is 4.79 Å². The first-order valence-corrected chi connectivity index (χ1v) is 7.85. The molecule has 3 N–H and O–H groups in total. The van der Waals surface area contributed by atoms with E-state index < -0.39 is 0 Å². The average molecular weight is 342 g/mol. The normalized spacial score (nSPS) is 12.0. The Bertz CT molecular complexity index is 744. The minimum Gasteiger partial charge on any atom is -0.493 e. The minimum absolute atomic E-state index is 0.139. The highest BCUT2D eigenvalue weighted by atomic mass is 16.5. The molecule has 0 radical (unpaired) electrons. The van der Waals surface area contributed by atoms with Gasteiger partial charge in [0.2, 0.25) is 11.9 Å². The molecule has 2 rings (SSSR count). The first-order valence-electron chi connectivity index (χ1n) is 7.85. The van der Waals surface area contributed by atoms with E-state index in [-0.39, 0.29) is 17.9 Å². The highest BCUT2D eigenvalue weighted by molar-refractivity contribution is 5.91. The predicted octanol–water partition coefficient (Wildman–Crippen LogP) is 2.36. The lowest BCUT2D eigenvalue weighted by atomic mass is 10.0. The molecule has 1 heterocycles. The first kappa shape index (κ1) is 18.3. The smallest absolute Gasteiger partial charge is 0.244 e. The number of hydrogen-bond acceptors (Lipinski definition) is 6. The number of rotatable bonds is 7. The minimum atomic E-state index is -0.210.